The Kier molecular flexibility index (Phi) is 3.23. The van der Waals surface area contributed by atoms with Crippen LogP contribution in [0.1, 0.15) is 19.7 Å². The van der Waals surface area contributed by atoms with Gasteiger partial charge in [-0.2, -0.15) is 0 Å². The van der Waals surface area contributed by atoms with E-state index in [1.807, 2.05) is 31.3 Å². The largest absolute Gasteiger partial charge is 0.367 e. The van der Waals surface area contributed by atoms with Crippen molar-refractivity contribution in [3.8, 4) is 11.3 Å². The van der Waals surface area contributed by atoms with Gasteiger partial charge in [-0.05, 0) is 31.0 Å². The maximum atomic E-state index is 5.64. The molecule has 0 amide bonds. The van der Waals surface area contributed by atoms with E-state index in [4.69, 9.17) is 10.7 Å². The first-order valence-corrected chi connectivity index (χ1v) is 7.97. The van der Waals surface area contributed by atoms with Crippen LogP contribution >= 0.6 is 0 Å². The number of aromatic nitrogens is 6. The lowest BCUT2D eigenvalue weighted by Gasteiger charge is -2.09. The Labute approximate surface area is 139 Å². The van der Waals surface area contributed by atoms with Gasteiger partial charge in [0, 0.05) is 18.3 Å². The summed E-state index contributed by atoms with van der Waals surface area (Å²) in [6.45, 7) is 7.31. The van der Waals surface area contributed by atoms with Crippen LogP contribution in [-0.2, 0) is 6.54 Å². The fourth-order valence-electron chi connectivity index (χ4n) is 2.98. The lowest BCUT2D eigenvalue weighted by Crippen LogP contribution is -2.07. The number of nitrogens with two attached hydrogens (primary N) is 1. The minimum absolute atomic E-state index is 0.249. The van der Waals surface area contributed by atoms with Gasteiger partial charge in [-0.25, -0.2) is 19.5 Å². The fourth-order valence-corrected chi connectivity index (χ4v) is 2.98. The van der Waals surface area contributed by atoms with Crippen LogP contribution in [0.2, 0.25) is 0 Å². The highest BCUT2D eigenvalue weighted by Crippen LogP contribution is 2.26. The van der Waals surface area contributed by atoms with Crippen molar-refractivity contribution in [3.63, 3.8) is 0 Å². The summed E-state index contributed by atoms with van der Waals surface area (Å²) in [5.74, 6) is 1.76. The summed E-state index contributed by atoms with van der Waals surface area (Å²) >= 11 is 0. The van der Waals surface area contributed by atoms with E-state index in [2.05, 4.69) is 33.5 Å². The average Bonchev–Trinajstić information content (AvgIpc) is 3.08. The fraction of sp³-hybridized carbons (Fsp3) is 0.294. The highest BCUT2D eigenvalue weighted by Gasteiger charge is 2.14. The Hall–Kier alpha value is -2.96. The number of fused-ring (bicyclic) bond motifs is 2. The first kappa shape index (κ1) is 14.6. The van der Waals surface area contributed by atoms with Crippen LogP contribution in [0.3, 0.4) is 0 Å². The Bertz CT molecular complexity index is 1040. The molecule has 0 atom stereocenters. The summed E-state index contributed by atoms with van der Waals surface area (Å²) in [5, 5.41) is 4.18. The predicted molar refractivity (Wildman–Crippen MR) is 93.5 cm³/mol. The number of nitrogens with zero attached hydrogens (tertiary/aromatic N) is 6. The van der Waals surface area contributed by atoms with Crippen LogP contribution in [0.15, 0.2) is 30.6 Å². The molecule has 0 aliphatic rings. The topological polar surface area (TPSA) is 86.9 Å². The molecule has 4 aromatic rings. The van der Waals surface area contributed by atoms with Crippen molar-refractivity contribution >= 4 is 22.6 Å². The van der Waals surface area contributed by atoms with Gasteiger partial charge in [0.2, 0.25) is 5.95 Å². The number of nitrogen functional groups attached to an aromatic ring is 1. The molecule has 2 N–H and O–H groups in total. The lowest BCUT2D eigenvalue weighted by atomic mass is 10.2. The third-order valence-corrected chi connectivity index (χ3v) is 4.04. The van der Waals surface area contributed by atoms with Crippen molar-refractivity contribution < 1.29 is 0 Å². The summed E-state index contributed by atoms with van der Waals surface area (Å²) in [6, 6.07) is 5.98. The van der Waals surface area contributed by atoms with Crippen molar-refractivity contribution in [2.24, 2.45) is 5.92 Å². The molecule has 0 radical (unpaired) electrons. The van der Waals surface area contributed by atoms with Crippen LogP contribution in [0, 0.1) is 12.8 Å². The Morgan fingerprint density at radius 3 is 2.79 bits per heavy atom. The molecule has 0 unspecified atom stereocenters. The average molecular weight is 321 g/mol. The van der Waals surface area contributed by atoms with Crippen molar-refractivity contribution in [1.29, 1.82) is 0 Å². The molecule has 24 heavy (non-hydrogen) atoms. The van der Waals surface area contributed by atoms with Gasteiger partial charge in [0.25, 0.3) is 0 Å². The summed E-state index contributed by atoms with van der Waals surface area (Å²) < 4.78 is 3.90. The highest BCUT2D eigenvalue weighted by molar-refractivity contribution is 5.82. The minimum atomic E-state index is 0.249. The van der Waals surface area contributed by atoms with Gasteiger partial charge in [-0.15, -0.1) is 5.10 Å². The van der Waals surface area contributed by atoms with E-state index in [0.717, 1.165) is 40.3 Å². The molecule has 4 aromatic heterocycles. The van der Waals surface area contributed by atoms with E-state index in [1.165, 1.54) is 0 Å². The van der Waals surface area contributed by atoms with Crippen molar-refractivity contribution in [1.82, 2.24) is 29.1 Å². The molecule has 7 heteroatoms. The quantitative estimate of drug-likeness (QED) is 0.627. The Morgan fingerprint density at radius 2 is 2.00 bits per heavy atom. The summed E-state index contributed by atoms with van der Waals surface area (Å²) in [4.78, 5) is 13.6. The summed E-state index contributed by atoms with van der Waals surface area (Å²) in [7, 11) is 0. The first-order chi connectivity index (χ1) is 11.5. The SMILES string of the molecule is Cc1nc2ccc(-c3ccn4nc(N)ncc34)nc2n1CC(C)C. The van der Waals surface area contributed by atoms with E-state index < -0.39 is 0 Å². The maximum absolute atomic E-state index is 5.64. The van der Waals surface area contributed by atoms with Crippen LogP contribution in [-0.4, -0.2) is 29.1 Å². The van der Waals surface area contributed by atoms with Gasteiger partial charge in [-0.1, -0.05) is 13.8 Å². The molecule has 0 bridgehead atoms. The molecular formula is C17H19N7. The van der Waals surface area contributed by atoms with Crippen LogP contribution < -0.4 is 5.73 Å². The van der Waals surface area contributed by atoms with E-state index >= 15 is 0 Å². The number of hydrogen-bond donors (Lipinski definition) is 1. The molecule has 122 valence electrons. The van der Waals surface area contributed by atoms with Crippen LogP contribution in [0.25, 0.3) is 27.9 Å². The smallest absolute Gasteiger partial charge is 0.238 e. The Balaban J connectivity index is 1.90. The van der Waals surface area contributed by atoms with Crippen LogP contribution in [0.5, 0.6) is 0 Å². The van der Waals surface area contributed by atoms with Crippen molar-refractivity contribution in [3.05, 3.63) is 36.4 Å². The third kappa shape index (κ3) is 2.29. The number of hydrogen-bond acceptors (Lipinski definition) is 5. The van der Waals surface area contributed by atoms with E-state index in [1.54, 1.807) is 10.7 Å². The maximum Gasteiger partial charge on any atom is 0.238 e. The normalized spacial score (nSPS) is 11.8. The number of aryl methyl sites for hydroxylation is 1. The number of rotatable bonds is 3. The predicted octanol–water partition coefficient (Wildman–Crippen LogP) is 2.69. The molecule has 0 aromatic carbocycles. The van der Waals surface area contributed by atoms with Gasteiger partial charge in [0.15, 0.2) is 5.65 Å². The van der Waals surface area contributed by atoms with E-state index in [-0.39, 0.29) is 5.95 Å². The molecule has 0 fully saturated rings. The minimum Gasteiger partial charge on any atom is -0.367 e. The van der Waals surface area contributed by atoms with Gasteiger partial charge >= 0.3 is 0 Å². The molecule has 0 aliphatic carbocycles. The molecule has 0 saturated carbocycles. The van der Waals surface area contributed by atoms with Crippen LogP contribution in [0.4, 0.5) is 5.95 Å². The van der Waals surface area contributed by atoms with Crippen molar-refractivity contribution in [2.45, 2.75) is 27.3 Å². The second-order valence-electron chi connectivity index (χ2n) is 6.38. The van der Waals surface area contributed by atoms with Gasteiger partial charge in [0.05, 0.1) is 17.4 Å². The second-order valence-corrected chi connectivity index (χ2v) is 6.38. The third-order valence-electron chi connectivity index (χ3n) is 4.04. The zero-order valence-electron chi connectivity index (χ0n) is 13.9. The van der Waals surface area contributed by atoms with Gasteiger partial charge < -0.3 is 10.3 Å². The zero-order valence-corrected chi connectivity index (χ0v) is 13.9. The Morgan fingerprint density at radius 1 is 1.17 bits per heavy atom. The summed E-state index contributed by atoms with van der Waals surface area (Å²) in [6.07, 6.45) is 3.59. The van der Waals surface area contributed by atoms with E-state index in [0.29, 0.717) is 5.92 Å². The molecule has 4 rings (SSSR count). The van der Waals surface area contributed by atoms with Gasteiger partial charge in [0.1, 0.15) is 11.3 Å². The molecule has 7 nitrogen and oxygen atoms in total. The van der Waals surface area contributed by atoms with Gasteiger partial charge in [-0.3, -0.25) is 0 Å². The molecular weight excluding hydrogens is 302 g/mol. The standard InChI is InChI=1S/C17H19N7/c1-10(2)9-23-11(3)20-14-5-4-13(21-16(14)23)12-6-7-24-15(12)8-19-17(18)22-24/h4-8,10H,9H2,1-3H3,(H2,18,22). The molecule has 0 spiro atoms. The number of pyridine rings is 1. The molecule has 0 saturated heterocycles. The second kappa shape index (κ2) is 5.30. The monoisotopic (exact) mass is 321 g/mol. The van der Waals surface area contributed by atoms with E-state index in [9.17, 15) is 0 Å². The molecule has 4 heterocycles. The number of anilines is 1. The zero-order chi connectivity index (χ0) is 16.8. The number of imidazole rings is 1. The molecule has 0 aliphatic heterocycles. The first-order valence-electron chi connectivity index (χ1n) is 7.97. The lowest BCUT2D eigenvalue weighted by molar-refractivity contribution is 0.522. The summed E-state index contributed by atoms with van der Waals surface area (Å²) in [5.41, 5.74) is 10.2. The van der Waals surface area contributed by atoms with Crippen molar-refractivity contribution in [2.75, 3.05) is 5.73 Å². The highest BCUT2D eigenvalue weighted by atomic mass is 15.3.